The molecule has 1 heterocycles. The fraction of sp³-hybridized carbons (Fsp3) is 0.700. The molecule has 0 aliphatic carbocycles. The number of nitrogens with zero attached hydrogens (tertiary/aromatic N) is 1. The molecule has 1 aliphatic heterocycles. The third-order valence-corrected chi connectivity index (χ3v) is 2.34. The smallest absolute Gasteiger partial charge is 0.246 e. The summed E-state index contributed by atoms with van der Waals surface area (Å²) in [7, 11) is 1.85. The van der Waals surface area contributed by atoms with Crippen molar-refractivity contribution >= 4 is 5.91 Å². The van der Waals surface area contributed by atoms with Crippen LogP contribution in [-0.4, -0.2) is 37.0 Å². The normalized spacial score (nSPS) is 22.5. The summed E-state index contributed by atoms with van der Waals surface area (Å²) in [5.74, 6) is 0.0937. The molecular weight excluding hydrogens is 164 g/mol. The number of allylic oxidation sites excluding steroid dienone is 1. The van der Waals surface area contributed by atoms with Crippen LogP contribution in [0.2, 0.25) is 0 Å². The molecule has 0 aromatic carbocycles. The van der Waals surface area contributed by atoms with Gasteiger partial charge in [-0.05, 0) is 32.4 Å². The Kier molecular flexibility index (Phi) is 3.96. The lowest BCUT2D eigenvalue weighted by atomic mass is 10.2. The van der Waals surface area contributed by atoms with Crippen molar-refractivity contribution in [1.82, 2.24) is 10.2 Å². The molecule has 1 amide bonds. The summed E-state index contributed by atoms with van der Waals surface area (Å²) in [6.45, 7) is 3.78. The Labute approximate surface area is 79.8 Å². The quantitative estimate of drug-likeness (QED) is 0.654. The third-order valence-electron chi connectivity index (χ3n) is 2.34. The van der Waals surface area contributed by atoms with Crippen molar-refractivity contribution in [2.45, 2.75) is 25.8 Å². The second-order valence-electron chi connectivity index (χ2n) is 3.51. The molecular formula is C10H18N2O. The minimum absolute atomic E-state index is 0.0937. The predicted octanol–water partition coefficient (Wildman–Crippen LogP) is 0.773. The van der Waals surface area contributed by atoms with Crippen molar-refractivity contribution in [3.8, 4) is 0 Å². The van der Waals surface area contributed by atoms with E-state index in [2.05, 4.69) is 5.32 Å². The van der Waals surface area contributed by atoms with E-state index in [1.165, 1.54) is 12.8 Å². The summed E-state index contributed by atoms with van der Waals surface area (Å²) in [5.41, 5.74) is 0. The van der Waals surface area contributed by atoms with E-state index in [0.717, 1.165) is 13.1 Å². The zero-order valence-corrected chi connectivity index (χ0v) is 8.42. The first-order chi connectivity index (χ1) is 6.24. The maximum atomic E-state index is 11.3. The first kappa shape index (κ1) is 10.3. The van der Waals surface area contributed by atoms with Crippen molar-refractivity contribution in [1.29, 1.82) is 0 Å². The number of carbonyl (C=O) groups excluding carboxylic acids is 1. The molecule has 0 spiro atoms. The average molecular weight is 182 g/mol. The zero-order valence-electron chi connectivity index (χ0n) is 8.42. The Hall–Kier alpha value is -0.830. The van der Waals surface area contributed by atoms with Gasteiger partial charge >= 0.3 is 0 Å². The van der Waals surface area contributed by atoms with Crippen LogP contribution in [0.3, 0.4) is 0 Å². The number of amides is 1. The van der Waals surface area contributed by atoms with Gasteiger partial charge in [0, 0.05) is 19.6 Å². The Morgan fingerprint density at radius 1 is 1.69 bits per heavy atom. The van der Waals surface area contributed by atoms with E-state index >= 15 is 0 Å². The molecule has 0 radical (unpaired) electrons. The number of likely N-dealkylation sites (N-methyl/N-ethyl adjacent to an activating group) is 1. The van der Waals surface area contributed by atoms with E-state index in [1.54, 1.807) is 17.1 Å². The first-order valence-corrected chi connectivity index (χ1v) is 4.85. The minimum Gasteiger partial charge on any atom is -0.341 e. The van der Waals surface area contributed by atoms with Crippen molar-refractivity contribution < 1.29 is 4.79 Å². The van der Waals surface area contributed by atoms with E-state index in [9.17, 15) is 4.79 Å². The molecule has 3 heteroatoms. The number of carbonyl (C=O) groups is 1. The lowest BCUT2D eigenvalue weighted by molar-refractivity contribution is -0.125. The molecule has 74 valence electrons. The molecule has 0 saturated carbocycles. The number of hydrogen-bond acceptors (Lipinski definition) is 2. The highest BCUT2D eigenvalue weighted by Gasteiger charge is 2.17. The highest BCUT2D eigenvalue weighted by Crippen LogP contribution is 2.06. The Bertz CT molecular complexity index is 195. The predicted molar refractivity (Wildman–Crippen MR) is 53.5 cm³/mol. The number of hydrogen-bond donors (Lipinski definition) is 1. The summed E-state index contributed by atoms with van der Waals surface area (Å²) in [6, 6.07) is 0.499. The zero-order chi connectivity index (χ0) is 9.68. The van der Waals surface area contributed by atoms with Gasteiger partial charge in [-0.25, -0.2) is 0 Å². The molecule has 0 bridgehead atoms. The summed E-state index contributed by atoms with van der Waals surface area (Å²) >= 11 is 0. The molecule has 13 heavy (non-hydrogen) atoms. The molecule has 0 aromatic heterocycles. The molecule has 1 saturated heterocycles. The van der Waals surface area contributed by atoms with Crippen molar-refractivity contribution in [3.63, 3.8) is 0 Å². The number of nitrogens with one attached hydrogen (secondary N) is 1. The molecule has 1 N–H and O–H groups in total. The summed E-state index contributed by atoms with van der Waals surface area (Å²) < 4.78 is 0. The van der Waals surface area contributed by atoms with E-state index in [4.69, 9.17) is 0 Å². The van der Waals surface area contributed by atoms with Gasteiger partial charge < -0.3 is 10.2 Å². The van der Waals surface area contributed by atoms with Crippen LogP contribution < -0.4 is 5.32 Å². The second kappa shape index (κ2) is 5.02. The van der Waals surface area contributed by atoms with Crippen molar-refractivity contribution in [2.75, 3.05) is 20.1 Å². The van der Waals surface area contributed by atoms with Gasteiger partial charge in [0.15, 0.2) is 0 Å². The number of rotatable bonds is 3. The molecule has 1 rings (SSSR count). The monoisotopic (exact) mass is 182 g/mol. The van der Waals surface area contributed by atoms with Crippen molar-refractivity contribution in [2.24, 2.45) is 0 Å². The van der Waals surface area contributed by atoms with Gasteiger partial charge in [-0.2, -0.15) is 0 Å². The van der Waals surface area contributed by atoms with Crippen LogP contribution >= 0.6 is 0 Å². The van der Waals surface area contributed by atoms with E-state index < -0.39 is 0 Å². The molecule has 3 nitrogen and oxygen atoms in total. The molecule has 1 fully saturated rings. The van der Waals surface area contributed by atoms with Crippen molar-refractivity contribution in [3.05, 3.63) is 12.2 Å². The van der Waals surface area contributed by atoms with E-state index in [0.29, 0.717) is 6.04 Å². The van der Waals surface area contributed by atoms with Crippen LogP contribution in [0, 0.1) is 0 Å². The van der Waals surface area contributed by atoms with Gasteiger partial charge in [0.05, 0.1) is 0 Å². The van der Waals surface area contributed by atoms with Crippen LogP contribution in [0.15, 0.2) is 12.2 Å². The first-order valence-electron chi connectivity index (χ1n) is 4.85. The third kappa shape index (κ3) is 3.19. The maximum absolute atomic E-state index is 11.3. The van der Waals surface area contributed by atoms with Gasteiger partial charge in [0.2, 0.25) is 5.91 Å². The standard InChI is InChI=1S/C10H18N2O/c1-3-5-10(13)12(2)8-9-6-4-7-11-9/h3,5,9,11H,4,6-8H2,1-2H3/b5-3+. The van der Waals surface area contributed by atoms with Crippen LogP contribution in [0.1, 0.15) is 19.8 Å². The Morgan fingerprint density at radius 3 is 3.00 bits per heavy atom. The van der Waals surface area contributed by atoms with Gasteiger partial charge in [0.1, 0.15) is 0 Å². The molecule has 1 aliphatic rings. The fourth-order valence-electron chi connectivity index (χ4n) is 1.60. The molecule has 0 aromatic rings. The summed E-state index contributed by atoms with van der Waals surface area (Å²) in [6.07, 6.45) is 5.81. The lowest BCUT2D eigenvalue weighted by Crippen LogP contribution is -2.37. The minimum atomic E-state index is 0.0937. The van der Waals surface area contributed by atoms with Gasteiger partial charge in [0.25, 0.3) is 0 Å². The topological polar surface area (TPSA) is 32.3 Å². The lowest BCUT2D eigenvalue weighted by Gasteiger charge is -2.19. The molecule has 1 unspecified atom stereocenters. The largest absolute Gasteiger partial charge is 0.341 e. The second-order valence-corrected chi connectivity index (χ2v) is 3.51. The SMILES string of the molecule is C/C=C/C(=O)N(C)CC1CCCN1. The maximum Gasteiger partial charge on any atom is 0.246 e. The van der Waals surface area contributed by atoms with E-state index in [1.807, 2.05) is 14.0 Å². The summed E-state index contributed by atoms with van der Waals surface area (Å²) in [5, 5.41) is 3.37. The molecule has 1 atom stereocenters. The fourth-order valence-corrected chi connectivity index (χ4v) is 1.60. The summed E-state index contributed by atoms with van der Waals surface area (Å²) in [4.78, 5) is 13.1. The van der Waals surface area contributed by atoms with Crippen LogP contribution in [0.4, 0.5) is 0 Å². The average Bonchev–Trinajstić information content (AvgIpc) is 2.57. The van der Waals surface area contributed by atoms with Crippen LogP contribution in [-0.2, 0) is 4.79 Å². The Balaban J connectivity index is 2.30. The van der Waals surface area contributed by atoms with E-state index in [-0.39, 0.29) is 5.91 Å². The Morgan fingerprint density at radius 2 is 2.46 bits per heavy atom. The highest BCUT2D eigenvalue weighted by atomic mass is 16.2. The van der Waals surface area contributed by atoms with Gasteiger partial charge in [-0.3, -0.25) is 4.79 Å². The van der Waals surface area contributed by atoms with Crippen LogP contribution in [0.25, 0.3) is 0 Å². The van der Waals surface area contributed by atoms with Crippen LogP contribution in [0.5, 0.6) is 0 Å². The van der Waals surface area contributed by atoms with Gasteiger partial charge in [-0.15, -0.1) is 0 Å². The van der Waals surface area contributed by atoms with Gasteiger partial charge in [-0.1, -0.05) is 6.08 Å². The highest BCUT2D eigenvalue weighted by molar-refractivity contribution is 5.87.